The van der Waals surface area contributed by atoms with Crippen molar-refractivity contribution in [3.63, 3.8) is 0 Å². The Balaban J connectivity index is 1.48. The highest BCUT2D eigenvalue weighted by Crippen LogP contribution is 2.17. The second-order valence-electron chi connectivity index (χ2n) is 5.78. The molecule has 6 heteroatoms. The van der Waals surface area contributed by atoms with Gasteiger partial charge in [0.15, 0.2) is 0 Å². The fraction of sp³-hybridized carbons (Fsp3) is 0.412. The molecule has 1 aromatic carbocycles. The van der Waals surface area contributed by atoms with Crippen LogP contribution in [0.2, 0.25) is 0 Å². The molecule has 3 rings (SSSR count). The molecule has 1 atom stereocenters. The third-order valence-electron chi connectivity index (χ3n) is 4.03. The lowest BCUT2D eigenvalue weighted by Gasteiger charge is -2.07. The first-order valence-corrected chi connectivity index (χ1v) is 7.89. The standard InChI is InChI=1S/C17H20FN3O2/c18-15-3-5-16(6-4-15)21-11-14(10-20-21)17(22)19-8-1-2-13-7-9-23-12-13/h3-6,10-11,13H,1-2,7-9,12H2,(H,19,22)/t13-/m1/s1. The van der Waals surface area contributed by atoms with Gasteiger partial charge < -0.3 is 10.1 Å². The number of hydrogen-bond donors (Lipinski definition) is 1. The van der Waals surface area contributed by atoms with E-state index in [1.165, 1.54) is 18.3 Å². The summed E-state index contributed by atoms with van der Waals surface area (Å²) in [5, 5.41) is 7.05. The highest BCUT2D eigenvalue weighted by molar-refractivity contribution is 5.93. The molecule has 5 nitrogen and oxygen atoms in total. The topological polar surface area (TPSA) is 56.1 Å². The summed E-state index contributed by atoms with van der Waals surface area (Å²) in [5.41, 5.74) is 1.21. The van der Waals surface area contributed by atoms with Crippen molar-refractivity contribution >= 4 is 5.91 Å². The summed E-state index contributed by atoms with van der Waals surface area (Å²) in [4.78, 5) is 12.1. The molecule has 1 aliphatic heterocycles. The number of rotatable bonds is 6. The molecule has 23 heavy (non-hydrogen) atoms. The van der Waals surface area contributed by atoms with Gasteiger partial charge in [-0.3, -0.25) is 4.79 Å². The van der Waals surface area contributed by atoms with Crippen molar-refractivity contribution in [2.45, 2.75) is 19.3 Å². The predicted molar refractivity (Wildman–Crippen MR) is 84.0 cm³/mol. The maximum Gasteiger partial charge on any atom is 0.254 e. The minimum Gasteiger partial charge on any atom is -0.381 e. The van der Waals surface area contributed by atoms with Crippen molar-refractivity contribution in [3.8, 4) is 5.69 Å². The van der Waals surface area contributed by atoms with Crippen LogP contribution < -0.4 is 5.32 Å². The van der Waals surface area contributed by atoms with E-state index in [4.69, 9.17) is 4.74 Å². The normalized spacial score (nSPS) is 17.3. The number of nitrogens with zero attached hydrogens (tertiary/aromatic N) is 2. The molecule has 1 saturated heterocycles. The molecule has 1 fully saturated rings. The van der Waals surface area contributed by atoms with Crippen molar-refractivity contribution in [2.75, 3.05) is 19.8 Å². The van der Waals surface area contributed by atoms with Gasteiger partial charge in [-0.1, -0.05) is 0 Å². The van der Waals surface area contributed by atoms with Crippen LogP contribution in [-0.2, 0) is 4.74 Å². The lowest BCUT2D eigenvalue weighted by atomic mass is 10.0. The Morgan fingerprint density at radius 1 is 1.39 bits per heavy atom. The number of halogens is 1. The molecule has 0 saturated carbocycles. The zero-order chi connectivity index (χ0) is 16.1. The Morgan fingerprint density at radius 3 is 2.96 bits per heavy atom. The van der Waals surface area contributed by atoms with E-state index in [0.717, 1.165) is 32.5 Å². The number of hydrogen-bond acceptors (Lipinski definition) is 3. The molecule has 0 bridgehead atoms. The van der Waals surface area contributed by atoms with E-state index in [1.54, 1.807) is 23.0 Å². The van der Waals surface area contributed by atoms with Crippen molar-refractivity contribution < 1.29 is 13.9 Å². The Hall–Kier alpha value is -2.21. The quantitative estimate of drug-likeness (QED) is 0.833. The minimum absolute atomic E-state index is 0.138. The second-order valence-corrected chi connectivity index (χ2v) is 5.78. The number of nitrogens with one attached hydrogen (secondary N) is 1. The van der Waals surface area contributed by atoms with Gasteiger partial charge in [0.05, 0.1) is 17.4 Å². The van der Waals surface area contributed by atoms with Crippen molar-refractivity contribution in [1.82, 2.24) is 15.1 Å². The van der Waals surface area contributed by atoms with Crippen LogP contribution in [0.25, 0.3) is 5.69 Å². The van der Waals surface area contributed by atoms with Gasteiger partial charge in [0.1, 0.15) is 5.82 Å². The van der Waals surface area contributed by atoms with E-state index in [0.29, 0.717) is 23.7 Å². The van der Waals surface area contributed by atoms with Crippen LogP contribution in [0.3, 0.4) is 0 Å². The van der Waals surface area contributed by atoms with Gasteiger partial charge in [0.2, 0.25) is 0 Å². The van der Waals surface area contributed by atoms with E-state index in [-0.39, 0.29) is 11.7 Å². The molecule has 1 amide bonds. The lowest BCUT2D eigenvalue weighted by Crippen LogP contribution is -2.24. The third kappa shape index (κ3) is 4.16. The van der Waals surface area contributed by atoms with E-state index in [2.05, 4.69) is 10.4 Å². The van der Waals surface area contributed by atoms with Crippen LogP contribution in [0.4, 0.5) is 4.39 Å². The van der Waals surface area contributed by atoms with Crippen LogP contribution in [0.1, 0.15) is 29.6 Å². The molecule has 122 valence electrons. The SMILES string of the molecule is O=C(NCCC[C@@H]1CCOC1)c1cnn(-c2ccc(F)cc2)c1. The van der Waals surface area contributed by atoms with Crippen LogP contribution in [-0.4, -0.2) is 35.4 Å². The largest absolute Gasteiger partial charge is 0.381 e. The summed E-state index contributed by atoms with van der Waals surface area (Å²) in [6.07, 6.45) is 6.32. The van der Waals surface area contributed by atoms with E-state index in [1.807, 2.05) is 0 Å². The average molecular weight is 317 g/mol. The van der Waals surface area contributed by atoms with Crippen molar-refractivity contribution in [2.24, 2.45) is 5.92 Å². The second kappa shape index (κ2) is 7.37. The molecule has 0 radical (unpaired) electrons. The van der Waals surface area contributed by atoms with Gasteiger partial charge in [-0.2, -0.15) is 5.10 Å². The molecule has 2 heterocycles. The Morgan fingerprint density at radius 2 is 2.22 bits per heavy atom. The number of carbonyl (C=O) groups is 1. The maximum atomic E-state index is 12.9. The monoisotopic (exact) mass is 317 g/mol. The van der Waals surface area contributed by atoms with Gasteiger partial charge in [0, 0.05) is 26.0 Å². The predicted octanol–water partition coefficient (Wildman–Crippen LogP) is 2.56. The van der Waals surface area contributed by atoms with Gasteiger partial charge in [-0.25, -0.2) is 9.07 Å². The van der Waals surface area contributed by atoms with E-state index in [9.17, 15) is 9.18 Å². The summed E-state index contributed by atoms with van der Waals surface area (Å²) in [6, 6.07) is 5.97. The van der Waals surface area contributed by atoms with Crippen LogP contribution in [0.15, 0.2) is 36.7 Å². The average Bonchev–Trinajstić information content (AvgIpc) is 3.24. The highest BCUT2D eigenvalue weighted by Gasteiger charge is 2.15. The first-order valence-electron chi connectivity index (χ1n) is 7.89. The summed E-state index contributed by atoms with van der Waals surface area (Å²) in [6.45, 7) is 2.36. The first kappa shape index (κ1) is 15.7. The van der Waals surface area contributed by atoms with Crippen LogP contribution in [0, 0.1) is 11.7 Å². The molecular formula is C17H20FN3O2. The smallest absolute Gasteiger partial charge is 0.254 e. The van der Waals surface area contributed by atoms with E-state index < -0.39 is 0 Å². The number of ether oxygens (including phenoxy) is 1. The van der Waals surface area contributed by atoms with Gasteiger partial charge in [0.25, 0.3) is 5.91 Å². The molecule has 0 spiro atoms. The highest BCUT2D eigenvalue weighted by atomic mass is 19.1. The Bertz CT molecular complexity index is 648. The molecule has 1 aromatic heterocycles. The van der Waals surface area contributed by atoms with Crippen LogP contribution >= 0.6 is 0 Å². The number of carbonyl (C=O) groups excluding carboxylic acids is 1. The fourth-order valence-electron chi connectivity index (χ4n) is 2.68. The zero-order valence-corrected chi connectivity index (χ0v) is 12.9. The molecule has 1 N–H and O–H groups in total. The lowest BCUT2D eigenvalue weighted by molar-refractivity contribution is 0.0952. The Kier molecular flexibility index (Phi) is 5.02. The summed E-state index contributed by atoms with van der Waals surface area (Å²) in [7, 11) is 0. The van der Waals surface area contributed by atoms with E-state index >= 15 is 0 Å². The molecule has 1 aliphatic rings. The van der Waals surface area contributed by atoms with Crippen molar-refractivity contribution in [1.29, 1.82) is 0 Å². The Labute approximate surface area is 134 Å². The fourth-order valence-corrected chi connectivity index (χ4v) is 2.68. The van der Waals surface area contributed by atoms with Gasteiger partial charge >= 0.3 is 0 Å². The molecule has 0 aliphatic carbocycles. The summed E-state index contributed by atoms with van der Waals surface area (Å²) in [5.74, 6) is 0.195. The minimum atomic E-state index is -0.300. The molecule has 2 aromatic rings. The maximum absolute atomic E-state index is 12.9. The van der Waals surface area contributed by atoms with Gasteiger partial charge in [-0.15, -0.1) is 0 Å². The first-order chi connectivity index (χ1) is 11.2. The summed E-state index contributed by atoms with van der Waals surface area (Å²) >= 11 is 0. The third-order valence-corrected chi connectivity index (χ3v) is 4.03. The number of aromatic nitrogens is 2. The molecule has 0 unspecified atom stereocenters. The van der Waals surface area contributed by atoms with Crippen LogP contribution in [0.5, 0.6) is 0 Å². The van der Waals surface area contributed by atoms with Crippen molar-refractivity contribution in [3.05, 3.63) is 48.0 Å². The number of benzene rings is 1. The summed E-state index contributed by atoms with van der Waals surface area (Å²) < 4.78 is 19.8. The molecular weight excluding hydrogens is 297 g/mol. The zero-order valence-electron chi connectivity index (χ0n) is 12.9. The number of amides is 1. The van der Waals surface area contributed by atoms with Gasteiger partial charge in [-0.05, 0) is 49.4 Å².